The van der Waals surface area contributed by atoms with Gasteiger partial charge in [0.2, 0.25) is 5.91 Å². The van der Waals surface area contributed by atoms with Crippen LogP contribution in [-0.4, -0.2) is 27.1 Å². The number of aryl methyl sites for hydroxylation is 1. The van der Waals surface area contributed by atoms with E-state index in [4.69, 9.17) is 0 Å². The molecule has 1 aliphatic rings. The number of carbonyl (C=O) groups is 1. The van der Waals surface area contributed by atoms with Gasteiger partial charge < -0.3 is 4.90 Å². The number of fused-ring (bicyclic) bond motifs is 1. The monoisotopic (exact) mass is 247 g/mol. The number of hydrogen-bond acceptors (Lipinski definition) is 2. The van der Waals surface area contributed by atoms with Crippen LogP contribution in [0.3, 0.4) is 0 Å². The quantitative estimate of drug-likeness (QED) is 0.694. The Morgan fingerprint density at radius 3 is 2.59 bits per heavy atom. The van der Waals surface area contributed by atoms with E-state index in [2.05, 4.69) is 5.10 Å². The summed E-state index contributed by atoms with van der Waals surface area (Å²) < 4.78 is 39.3. The molecule has 1 aromatic heterocycles. The molecule has 0 bridgehead atoms. The Morgan fingerprint density at radius 2 is 2.06 bits per heavy atom. The molecule has 0 unspecified atom stereocenters. The largest absolute Gasteiger partial charge is 0.435 e. The Balaban J connectivity index is 2.41. The van der Waals surface area contributed by atoms with Crippen LogP contribution in [0.25, 0.3) is 0 Å². The number of hydrogen-bond donors (Lipinski definition) is 0. The SMILES string of the molecule is CC(=O)N1CCc2c(C(F)(F)F)nn(C)c2C1. The van der Waals surface area contributed by atoms with Crippen LogP contribution in [0, 0.1) is 0 Å². The highest BCUT2D eigenvalue weighted by Crippen LogP contribution is 2.34. The molecular formula is C10H12F3N3O. The fourth-order valence-corrected chi connectivity index (χ4v) is 2.07. The molecule has 2 heterocycles. The molecule has 1 amide bonds. The van der Waals surface area contributed by atoms with Crippen LogP contribution in [0.5, 0.6) is 0 Å². The Kier molecular flexibility index (Phi) is 2.63. The van der Waals surface area contributed by atoms with Crippen LogP contribution in [0.4, 0.5) is 13.2 Å². The molecule has 4 nitrogen and oxygen atoms in total. The third-order valence-electron chi connectivity index (χ3n) is 2.96. The molecule has 0 atom stereocenters. The molecule has 0 spiro atoms. The molecule has 94 valence electrons. The average Bonchev–Trinajstić information content (AvgIpc) is 2.55. The number of halogens is 3. The van der Waals surface area contributed by atoms with Crippen LogP contribution < -0.4 is 0 Å². The lowest BCUT2D eigenvalue weighted by molar-refractivity contribution is -0.142. The van der Waals surface area contributed by atoms with Gasteiger partial charge in [-0.2, -0.15) is 18.3 Å². The Morgan fingerprint density at radius 1 is 1.41 bits per heavy atom. The van der Waals surface area contributed by atoms with Crippen molar-refractivity contribution in [3.63, 3.8) is 0 Å². The van der Waals surface area contributed by atoms with Gasteiger partial charge >= 0.3 is 6.18 Å². The zero-order valence-corrected chi connectivity index (χ0v) is 9.51. The highest BCUT2D eigenvalue weighted by Gasteiger charge is 2.40. The molecule has 1 aliphatic heterocycles. The molecule has 1 aromatic rings. The third kappa shape index (κ3) is 2.01. The fourth-order valence-electron chi connectivity index (χ4n) is 2.07. The molecule has 0 aliphatic carbocycles. The maximum Gasteiger partial charge on any atom is 0.435 e. The minimum atomic E-state index is -4.43. The van der Waals surface area contributed by atoms with E-state index in [1.807, 2.05) is 0 Å². The van der Waals surface area contributed by atoms with Crippen LogP contribution in [0.1, 0.15) is 23.9 Å². The minimum Gasteiger partial charge on any atom is -0.337 e. The molecule has 0 saturated carbocycles. The highest BCUT2D eigenvalue weighted by atomic mass is 19.4. The van der Waals surface area contributed by atoms with Gasteiger partial charge in [-0.05, 0) is 6.42 Å². The summed E-state index contributed by atoms with van der Waals surface area (Å²) in [6, 6.07) is 0. The second kappa shape index (κ2) is 3.75. The summed E-state index contributed by atoms with van der Waals surface area (Å²) >= 11 is 0. The number of carbonyl (C=O) groups excluding carboxylic acids is 1. The summed E-state index contributed by atoms with van der Waals surface area (Å²) in [6.45, 7) is 1.92. The van der Waals surface area contributed by atoms with Crippen molar-refractivity contribution >= 4 is 5.91 Å². The first-order chi connectivity index (χ1) is 7.80. The van der Waals surface area contributed by atoms with Crippen molar-refractivity contribution in [2.45, 2.75) is 26.1 Å². The summed E-state index contributed by atoms with van der Waals surface area (Å²) in [6.07, 6.45) is -4.22. The van der Waals surface area contributed by atoms with E-state index in [1.54, 1.807) is 0 Å². The molecule has 2 rings (SSSR count). The summed E-state index contributed by atoms with van der Waals surface area (Å²) in [4.78, 5) is 12.7. The van der Waals surface area contributed by atoms with Crippen LogP contribution in [0.2, 0.25) is 0 Å². The van der Waals surface area contributed by atoms with Crippen LogP contribution >= 0.6 is 0 Å². The number of nitrogens with zero attached hydrogens (tertiary/aromatic N) is 3. The molecular weight excluding hydrogens is 235 g/mol. The van der Waals surface area contributed by atoms with Crippen molar-refractivity contribution in [2.75, 3.05) is 6.54 Å². The van der Waals surface area contributed by atoms with Gasteiger partial charge in [-0.15, -0.1) is 0 Å². The van der Waals surface area contributed by atoms with Gasteiger partial charge in [-0.25, -0.2) is 0 Å². The molecule has 17 heavy (non-hydrogen) atoms. The normalized spacial score (nSPS) is 15.9. The molecule has 0 fully saturated rings. The summed E-state index contributed by atoms with van der Waals surface area (Å²) in [5.41, 5.74) is -0.130. The van der Waals surface area contributed by atoms with E-state index >= 15 is 0 Å². The van der Waals surface area contributed by atoms with E-state index in [1.165, 1.54) is 23.6 Å². The Hall–Kier alpha value is -1.53. The number of rotatable bonds is 0. The molecule has 0 N–H and O–H groups in total. The Bertz CT molecular complexity index is 464. The summed E-state index contributed by atoms with van der Waals surface area (Å²) in [5, 5.41) is 3.51. The third-order valence-corrected chi connectivity index (χ3v) is 2.96. The smallest absolute Gasteiger partial charge is 0.337 e. The van der Waals surface area contributed by atoms with Crippen molar-refractivity contribution < 1.29 is 18.0 Å². The van der Waals surface area contributed by atoms with E-state index in [0.717, 1.165) is 0 Å². The zero-order valence-electron chi connectivity index (χ0n) is 9.51. The standard InChI is InChI=1S/C10H12F3N3O/c1-6(17)16-4-3-7-8(5-16)15(2)14-9(7)10(11,12)13/h3-5H2,1-2H3. The minimum absolute atomic E-state index is 0.134. The molecule has 0 radical (unpaired) electrons. The predicted molar refractivity (Wildman–Crippen MR) is 53.0 cm³/mol. The van der Waals surface area contributed by atoms with Crippen molar-refractivity contribution in [3.8, 4) is 0 Å². The van der Waals surface area contributed by atoms with Gasteiger partial charge in [-0.3, -0.25) is 9.48 Å². The van der Waals surface area contributed by atoms with E-state index in [-0.39, 0.29) is 24.4 Å². The average molecular weight is 247 g/mol. The van der Waals surface area contributed by atoms with Gasteiger partial charge in [0.25, 0.3) is 0 Å². The lowest BCUT2D eigenvalue weighted by Gasteiger charge is -2.26. The first-order valence-electron chi connectivity index (χ1n) is 5.18. The Labute approximate surface area is 96.0 Å². The second-order valence-corrected chi connectivity index (χ2v) is 4.09. The molecule has 0 aromatic carbocycles. The lowest BCUT2D eigenvalue weighted by atomic mass is 10.0. The van der Waals surface area contributed by atoms with Crippen molar-refractivity contribution in [2.24, 2.45) is 7.05 Å². The van der Waals surface area contributed by atoms with Crippen LogP contribution in [-0.2, 0) is 31.0 Å². The number of alkyl halides is 3. The van der Waals surface area contributed by atoms with Crippen molar-refractivity contribution in [3.05, 3.63) is 17.0 Å². The summed E-state index contributed by atoms with van der Waals surface area (Å²) in [5.74, 6) is -0.134. The van der Waals surface area contributed by atoms with E-state index < -0.39 is 11.9 Å². The molecule has 0 saturated heterocycles. The first-order valence-corrected chi connectivity index (χ1v) is 5.18. The topological polar surface area (TPSA) is 38.1 Å². The van der Waals surface area contributed by atoms with Gasteiger partial charge in [-0.1, -0.05) is 0 Å². The summed E-state index contributed by atoms with van der Waals surface area (Å²) in [7, 11) is 1.47. The predicted octanol–water partition coefficient (Wildman–Crippen LogP) is 1.34. The lowest BCUT2D eigenvalue weighted by Crippen LogP contribution is -2.35. The number of amides is 1. The first kappa shape index (κ1) is 11.9. The van der Waals surface area contributed by atoms with Gasteiger partial charge in [0.05, 0.1) is 12.2 Å². The maximum absolute atomic E-state index is 12.7. The molecule has 7 heteroatoms. The van der Waals surface area contributed by atoms with Crippen molar-refractivity contribution in [1.82, 2.24) is 14.7 Å². The van der Waals surface area contributed by atoms with Crippen LogP contribution in [0.15, 0.2) is 0 Å². The zero-order chi connectivity index (χ0) is 12.8. The van der Waals surface area contributed by atoms with E-state index in [0.29, 0.717) is 12.2 Å². The second-order valence-electron chi connectivity index (χ2n) is 4.09. The highest BCUT2D eigenvalue weighted by molar-refractivity contribution is 5.73. The van der Waals surface area contributed by atoms with Gasteiger partial charge in [0.15, 0.2) is 5.69 Å². The maximum atomic E-state index is 12.7. The van der Waals surface area contributed by atoms with Gasteiger partial charge in [0.1, 0.15) is 0 Å². The number of aromatic nitrogens is 2. The van der Waals surface area contributed by atoms with E-state index in [9.17, 15) is 18.0 Å². The van der Waals surface area contributed by atoms with Crippen molar-refractivity contribution in [1.29, 1.82) is 0 Å². The fraction of sp³-hybridized carbons (Fsp3) is 0.600. The van der Waals surface area contributed by atoms with Gasteiger partial charge in [0, 0.05) is 26.1 Å².